The maximum atomic E-state index is 13.0. The Morgan fingerprint density at radius 2 is 1.66 bits per heavy atom. The maximum Gasteiger partial charge on any atom is 0.256 e. The zero-order valence-corrected chi connectivity index (χ0v) is 19.2. The first-order valence-electron chi connectivity index (χ1n) is 10.9. The molecule has 4 aromatic rings. The normalized spacial score (nSPS) is 10.7. The van der Waals surface area contributed by atoms with Crippen molar-refractivity contribution in [2.75, 3.05) is 17.2 Å². The lowest BCUT2D eigenvalue weighted by atomic mass is 9.98. The number of thiazole rings is 1. The fourth-order valence-corrected chi connectivity index (χ4v) is 4.23. The second kappa shape index (κ2) is 10.2. The number of nitrogens with one attached hydrogen (secondary N) is 2. The topological polar surface area (TPSA) is 54.0 Å². The zero-order valence-electron chi connectivity index (χ0n) is 18.4. The predicted octanol–water partition coefficient (Wildman–Crippen LogP) is 6.59. The molecule has 32 heavy (non-hydrogen) atoms. The smallest absolute Gasteiger partial charge is 0.256 e. The molecular weight excluding hydrogens is 414 g/mol. The molecule has 0 atom stereocenters. The molecule has 4 nitrogen and oxygen atoms in total. The quantitative estimate of drug-likeness (QED) is 0.324. The number of hydrogen-bond acceptors (Lipinski definition) is 4. The Balaban J connectivity index is 1.39. The van der Waals surface area contributed by atoms with Crippen LogP contribution in [0.25, 0.3) is 11.1 Å². The maximum absolute atomic E-state index is 13.0. The van der Waals surface area contributed by atoms with Crippen molar-refractivity contribution in [2.24, 2.45) is 0 Å². The molecule has 0 fully saturated rings. The third-order valence-electron chi connectivity index (χ3n) is 5.36. The van der Waals surface area contributed by atoms with Crippen LogP contribution in [0, 0.1) is 6.92 Å². The summed E-state index contributed by atoms with van der Waals surface area (Å²) in [6.07, 6.45) is 1.89. The summed E-state index contributed by atoms with van der Waals surface area (Å²) >= 11 is 1.68. The van der Waals surface area contributed by atoms with E-state index in [-0.39, 0.29) is 5.91 Å². The van der Waals surface area contributed by atoms with Gasteiger partial charge in [0.2, 0.25) is 0 Å². The van der Waals surface area contributed by atoms with Crippen molar-refractivity contribution in [1.82, 2.24) is 4.98 Å². The number of carbonyl (C=O) groups excluding carboxylic acids is 1. The van der Waals surface area contributed by atoms with Gasteiger partial charge in [0.25, 0.3) is 5.91 Å². The van der Waals surface area contributed by atoms with Crippen LogP contribution in [-0.4, -0.2) is 17.4 Å². The molecule has 0 unspecified atom stereocenters. The van der Waals surface area contributed by atoms with Gasteiger partial charge in [-0.3, -0.25) is 4.79 Å². The Kier molecular flexibility index (Phi) is 6.97. The number of amides is 1. The summed E-state index contributed by atoms with van der Waals surface area (Å²) in [6, 6.07) is 23.9. The summed E-state index contributed by atoms with van der Waals surface area (Å²) in [5.41, 5.74) is 6.83. The van der Waals surface area contributed by atoms with Crippen LogP contribution < -0.4 is 10.6 Å². The van der Waals surface area contributed by atoms with Crippen molar-refractivity contribution in [1.29, 1.82) is 0 Å². The number of aromatic nitrogens is 1. The molecule has 2 N–H and O–H groups in total. The molecule has 0 saturated heterocycles. The molecule has 0 aliphatic rings. The van der Waals surface area contributed by atoms with Gasteiger partial charge in [-0.1, -0.05) is 49.4 Å². The molecule has 162 valence electrons. The fraction of sp³-hybridized carbons (Fsp3) is 0.185. The lowest BCUT2D eigenvalue weighted by Crippen LogP contribution is -2.13. The van der Waals surface area contributed by atoms with Crippen LogP contribution in [-0.2, 0) is 12.8 Å². The van der Waals surface area contributed by atoms with E-state index >= 15 is 0 Å². The SMILES string of the molecule is CCc1ccc(-c2ccccc2C(=O)Nc2ccc(NCCc3csc(C)n3)cc2)cc1. The number of anilines is 2. The van der Waals surface area contributed by atoms with Crippen LogP contribution in [0.4, 0.5) is 11.4 Å². The first kappa shape index (κ1) is 21.8. The van der Waals surface area contributed by atoms with Gasteiger partial charge in [-0.05, 0) is 60.4 Å². The van der Waals surface area contributed by atoms with Crippen molar-refractivity contribution >= 4 is 28.6 Å². The van der Waals surface area contributed by atoms with E-state index < -0.39 is 0 Å². The van der Waals surface area contributed by atoms with Crippen molar-refractivity contribution in [3.05, 3.63) is 100 Å². The van der Waals surface area contributed by atoms with Gasteiger partial charge in [0.05, 0.1) is 10.7 Å². The van der Waals surface area contributed by atoms with Gasteiger partial charge < -0.3 is 10.6 Å². The molecule has 0 saturated carbocycles. The van der Waals surface area contributed by atoms with Gasteiger partial charge in [-0.25, -0.2) is 4.98 Å². The molecule has 1 heterocycles. The highest BCUT2D eigenvalue weighted by molar-refractivity contribution is 7.09. The molecule has 5 heteroatoms. The Morgan fingerprint density at radius 1 is 0.938 bits per heavy atom. The summed E-state index contributed by atoms with van der Waals surface area (Å²) in [5.74, 6) is -0.111. The standard InChI is InChI=1S/C27H27N3OS/c1-3-20-8-10-21(11-9-20)25-6-4-5-7-26(25)27(31)30-23-14-12-22(13-15-23)28-17-16-24-18-32-19(2)29-24/h4-15,18,28H,3,16-17H2,1-2H3,(H,30,31). The van der Waals surface area contributed by atoms with E-state index in [1.807, 2.05) is 55.5 Å². The third kappa shape index (κ3) is 5.42. The number of rotatable bonds is 8. The highest BCUT2D eigenvalue weighted by atomic mass is 32.1. The van der Waals surface area contributed by atoms with Crippen LogP contribution in [0.5, 0.6) is 0 Å². The van der Waals surface area contributed by atoms with Crippen molar-refractivity contribution < 1.29 is 4.79 Å². The predicted molar refractivity (Wildman–Crippen MR) is 135 cm³/mol. The Hall–Kier alpha value is -3.44. The Bertz CT molecular complexity index is 1180. The lowest BCUT2D eigenvalue weighted by Gasteiger charge is -2.12. The van der Waals surface area contributed by atoms with Gasteiger partial charge >= 0.3 is 0 Å². The highest BCUT2D eigenvalue weighted by Gasteiger charge is 2.12. The summed E-state index contributed by atoms with van der Waals surface area (Å²) in [6.45, 7) is 4.98. The second-order valence-electron chi connectivity index (χ2n) is 7.66. The Labute approximate surface area is 193 Å². The fourth-order valence-electron chi connectivity index (χ4n) is 3.58. The number of benzene rings is 3. The van der Waals surface area contributed by atoms with E-state index in [0.29, 0.717) is 5.56 Å². The zero-order chi connectivity index (χ0) is 22.3. The molecule has 0 bridgehead atoms. The first-order valence-corrected chi connectivity index (χ1v) is 11.7. The lowest BCUT2D eigenvalue weighted by molar-refractivity contribution is 0.102. The van der Waals surface area contributed by atoms with E-state index in [1.54, 1.807) is 11.3 Å². The molecule has 0 aliphatic carbocycles. The summed E-state index contributed by atoms with van der Waals surface area (Å²) in [5, 5.41) is 9.63. The minimum Gasteiger partial charge on any atom is -0.385 e. The van der Waals surface area contributed by atoms with Crippen LogP contribution >= 0.6 is 11.3 Å². The van der Waals surface area contributed by atoms with E-state index in [4.69, 9.17) is 0 Å². The van der Waals surface area contributed by atoms with E-state index in [1.165, 1.54) is 5.56 Å². The number of hydrogen-bond donors (Lipinski definition) is 2. The number of aryl methyl sites for hydroxylation is 2. The summed E-state index contributed by atoms with van der Waals surface area (Å²) in [7, 11) is 0. The van der Waals surface area contributed by atoms with Gasteiger partial charge in [-0.2, -0.15) is 0 Å². The van der Waals surface area contributed by atoms with Crippen molar-refractivity contribution in [3.63, 3.8) is 0 Å². The van der Waals surface area contributed by atoms with Crippen LogP contribution in [0.1, 0.15) is 33.5 Å². The van der Waals surface area contributed by atoms with E-state index in [2.05, 4.69) is 52.2 Å². The number of carbonyl (C=O) groups is 1. The van der Waals surface area contributed by atoms with Gasteiger partial charge in [0, 0.05) is 35.3 Å². The second-order valence-corrected chi connectivity index (χ2v) is 8.72. The molecule has 4 rings (SSSR count). The van der Waals surface area contributed by atoms with Crippen LogP contribution in [0.3, 0.4) is 0 Å². The summed E-state index contributed by atoms with van der Waals surface area (Å²) < 4.78 is 0. The molecular formula is C27H27N3OS. The van der Waals surface area contributed by atoms with Crippen LogP contribution in [0.15, 0.2) is 78.2 Å². The number of nitrogens with zero attached hydrogens (tertiary/aromatic N) is 1. The van der Waals surface area contributed by atoms with Crippen molar-refractivity contribution in [2.45, 2.75) is 26.7 Å². The van der Waals surface area contributed by atoms with E-state index in [9.17, 15) is 4.79 Å². The highest BCUT2D eigenvalue weighted by Crippen LogP contribution is 2.25. The minimum atomic E-state index is -0.111. The third-order valence-corrected chi connectivity index (χ3v) is 6.19. The first-order chi connectivity index (χ1) is 15.6. The summed E-state index contributed by atoms with van der Waals surface area (Å²) in [4.78, 5) is 17.5. The average molecular weight is 442 g/mol. The van der Waals surface area contributed by atoms with Gasteiger partial charge in [0.15, 0.2) is 0 Å². The molecule has 0 aliphatic heterocycles. The van der Waals surface area contributed by atoms with E-state index in [0.717, 1.165) is 52.6 Å². The largest absolute Gasteiger partial charge is 0.385 e. The van der Waals surface area contributed by atoms with Gasteiger partial charge in [0.1, 0.15) is 0 Å². The Morgan fingerprint density at radius 3 is 2.34 bits per heavy atom. The molecule has 0 spiro atoms. The molecule has 0 radical (unpaired) electrons. The van der Waals surface area contributed by atoms with Crippen LogP contribution in [0.2, 0.25) is 0 Å². The van der Waals surface area contributed by atoms with Crippen molar-refractivity contribution in [3.8, 4) is 11.1 Å². The molecule has 1 aromatic heterocycles. The van der Waals surface area contributed by atoms with Gasteiger partial charge in [-0.15, -0.1) is 11.3 Å². The average Bonchev–Trinajstić information content (AvgIpc) is 3.25. The monoisotopic (exact) mass is 441 g/mol. The molecule has 3 aromatic carbocycles. The minimum absolute atomic E-state index is 0.111. The molecule has 1 amide bonds.